The Morgan fingerprint density at radius 2 is 2.04 bits per heavy atom. The fourth-order valence-corrected chi connectivity index (χ4v) is 3.39. The van der Waals surface area contributed by atoms with Gasteiger partial charge in [-0.2, -0.15) is 5.10 Å². The molecule has 1 atom stereocenters. The summed E-state index contributed by atoms with van der Waals surface area (Å²) in [4.78, 5) is 14.2. The van der Waals surface area contributed by atoms with Gasteiger partial charge in [-0.25, -0.2) is 4.79 Å². The quantitative estimate of drug-likeness (QED) is 0.772. The molecule has 1 N–H and O–H groups in total. The molecule has 6 heteroatoms. The van der Waals surface area contributed by atoms with E-state index in [9.17, 15) is 9.90 Å². The Hall–Kier alpha value is -1.40. The molecule has 3 rings (SSSR count). The lowest BCUT2D eigenvalue weighted by atomic mass is 9.99. The summed E-state index contributed by atoms with van der Waals surface area (Å²) < 4.78 is 6.87. The van der Waals surface area contributed by atoms with E-state index in [2.05, 4.69) is 16.9 Å². The zero-order valence-electron chi connectivity index (χ0n) is 14.8. The molecule has 2 aliphatic rings. The summed E-state index contributed by atoms with van der Waals surface area (Å²) in [6.07, 6.45) is 4.21. The third-order valence-electron chi connectivity index (χ3n) is 5.02. The van der Waals surface area contributed by atoms with E-state index in [1.54, 1.807) is 6.92 Å². The van der Waals surface area contributed by atoms with Crippen molar-refractivity contribution in [2.45, 2.75) is 58.1 Å². The standard InChI is InChI=1S/C18H29N3O3/c1-3-24-18(23)16-10-17(14-4-5-14)21(19-16)12-15(22)11-20-8-6-13(2)7-9-20/h10,13-15,22H,3-9,11-12H2,1-2H3. The molecule has 0 aromatic carbocycles. The second kappa shape index (κ2) is 7.66. The lowest BCUT2D eigenvalue weighted by Crippen LogP contribution is -2.40. The van der Waals surface area contributed by atoms with Gasteiger partial charge >= 0.3 is 5.97 Å². The minimum Gasteiger partial charge on any atom is -0.461 e. The van der Waals surface area contributed by atoms with Crippen molar-refractivity contribution >= 4 is 5.97 Å². The third kappa shape index (κ3) is 4.36. The van der Waals surface area contributed by atoms with Crippen molar-refractivity contribution in [3.63, 3.8) is 0 Å². The van der Waals surface area contributed by atoms with Gasteiger partial charge in [0.05, 0.1) is 19.3 Å². The zero-order chi connectivity index (χ0) is 17.1. The van der Waals surface area contributed by atoms with Crippen molar-refractivity contribution < 1.29 is 14.6 Å². The van der Waals surface area contributed by atoms with Crippen LogP contribution >= 0.6 is 0 Å². The minimum atomic E-state index is -0.467. The normalized spacial score (nSPS) is 21.0. The van der Waals surface area contributed by atoms with Crippen molar-refractivity contribution in [1.82, 2.24) is 14.7 Å². The summed E-state index contributed by atoms with van der Waals surface area (Å²) in [6, 6.07) is 1.84. The Morgan fingerprint density at radius 1 is 1.33 bits per heavy atom. The van der Waals surface area contributed by atoms with Crippen LogP contribution in [0.25, 0.3) is 0 Å². The number of carbonyl (C=O) groups excluding carboxylic acids is 1. The van der Waals surface area contributed by atoms with Crippen LogP contribution in [-0.2, 0) is 11.3 Å². The van der Waals surface area contributed by atoms with Gasteiger partial charge in [0.25, 0.3) is 0 Å². The van der Waals surface area contributed by atoms with E-state index >= 15 is 0 Å². The number of β-amino-alcohol motifs (C(OH)–C–C–N with tert-alkyl or cyclic N) is 1. The minimum absolute atomic E-state index is 0.348. The van der Waals surface area contributed by atoms with E-state index in [1.165, 1.54) is 12.8 Å². The summed E-state index contributed by atoms with van der Waals surface area (Å²) >= 11 is 0. The molecule has 0 bridgehead atoms. The highest BCUT2D eigenvalue weighted by molar-refractivity contribution is 5.87. The Labute approximate surface area is 143 Å². The lowest BCUT2D eigenvalue weighted by molar-refractivity contribution is 0.0515. The highest BCUT2D eigenvalue weighted by Crippen LogP contribution is 2.40. The smallest absolute Gasteiger partial charge is 0.358 e. The van der Waals surface area contributed by atoms with Crippen LogP contribution in [0.15, 0.2) is 6.07 Å². The molecule has 1 saturated carbocycles. The van der Waals surface area contributed by atoms with E-state index in [4.69, 9.17) is 4.74 Å². The predicted octanol–water partition coefficient (Wildman–Crippen LogP) is 2.03. The van der Waals surface area contributed by atoms with Gasteiger partial charge in [0, 0.05) is 18.2 Å². The second-order valence-electron chi connectivity index (χ2n) is 7.27. The van der Waals surface area contributed by atoms with Crippen molar-refractivity contribution in [3.8, 4) is 0 Å². The molecule has 1 aliphatic heterocycles. The Balaban J connectivity index is 1.61. The molecule has 1 aromatic heterocycles. The van der Waals surface area contributed by atoms with Crippen LogP contribution in [0.3, 0.4) is 0 Å². The number of aromatic nitrogens is 2. The Morgan fingerprint density at radius 3 is 2.67 bits per heavy atom. The zero-order valence-corrected chi connectivity index (χ0v) is 14.8. The molecule has 134 valence electrons. The van der Waals surface area contributed by atoms with Crippen LogP contribution in [0.5, 0.6) is 0 Å². The topological polar surface area (TPSA) is 67.6 Å². The number of piperidine rings is 1. The van der Waals surface area contributed by atoms with Crippen molar-refractivity contribution in [3.05, 3.63) is 17.5 Å². The lowest BCUT2D eigenvalue weighted by Gasteiger charge is -2.31. The Bertz CT molecular complexity index is 560. The number of aliphatic hydroxyl groups excluding tert-OH is 1. The number of nitrogens with zero attached hydrogens (tertiary/aromatic N) is 3. The number of carbonyl (C=O) groups is 1. The van der Waals surface area contributed by atoms with Gasteiger partial charge < -0.3 is 14.7 Å². The number of ether oxygens (including phenoxy) is 1. The maximum atomic E-state index is 11.9. The molecular formula is C18H29N3O3. The average Bonchev–Trinajstić information content (AvgIpc) is 3.31. The molecule has 0 radical (unpaired) electrons. The van der Waals surface area contributed by atoms with Gasteiger partial charge in [0.1, 0.15) is 0 Å². The fraction of sp³-hybridized carbons (Fsp3) is 0.778. The van der Waals surface area contributed by atoms with Crippen molar-refractivity contribution in [2.75, 3.05) is 26.2 Å². The van der Waals surface area contributed by atoms with E-state index in [0.717, 1.165) is 37.5 Å². The largest absolute Gasteiger partial charge is 0.461 e. The van der Waals surface area contributed by atoms with E-state index in [-0.39, 0.29) is 5.97 Å². The molecule has 6 nitrogen and oxygen atoms in total. The molecule has 1 aromatic rings. The molecule has 1 aliphatic carbocycles. The first-order valence-corrected chi connectivity index (χ1v) is 9.22. The number of hydrogen-bond donors (Lipinski definition) is 1. The van der Waals surface area contributed by atoms with E-state index in [1.807, 2.05) is 10.7 Å². The van der Waals surface area contributed by atoms with E-state index in [0.29, 0.717) is 31.3 Å². The predicted molar refractivity (Wildman–Crippen MR) is 91.0 cm³/mol. The van der Waals surface area contributed by atoms with Crippen molar-refractivity contribution in [2.24, 2.45) is 5.92 Å². The number of hydrogen-bond acceptors (Lipinski definition) is 5. The van der Waals surface area contributed by atoms with Crippen LogP contribution in [0.4, 0.5) is 0 Å². The first-order valence-electron chi connectivity index (χ1n) is 9.22. The molecule has 1 saturated heterocycles. The summed E-state index contributed by atoms with van der Waals surface area (Å²) in [7, 11) is 0. The van der Waals surface area contributed by atoms with Gasteiger partial charge in [0.15, 0.2) is 5.69 Å². The summed E-state index contributed by atoms with van der Waals surface area (Å²) in [6.45, 7) is 7.65. The van der Waals surface area contributed by atoms with Gasteiger partial charge in [-0.15, -0.1) is 0 Å². The number of aliphatic hydroxyl groups is 1. The van der Waals surface area contributed by atoms with Gasteiger partial charge in [-0.3, -0.25) is 4.68 Å². The molecule has 2 heterocycles. The monoisotopic (exact) mass is 335 g/mol. The van der Waals surface area contributed by atoms with Crippen LogP contribution < -0.4 is 0 Å². The Kier molecular flexibility index (Phi) is 5.56. The summed E-state index contributed by atoms with van der Waals surface area (Å²) in [5, 5.41) is 14.9. The highest BCUT2D eigenvalue weighted by atomic mass is 16.5. The van der Waals surface area contributed by atoms with Crippen molar-refractivity contribution in [1.29, 1.82) is 0 Å². The maximum absolute atomic E-state index is 11.9. The molecule has 0 amide bonds. The third-order valence-corrected chi connectivity index (χ3v) is 5.02. The fourth-order valence-electron chi connectivity index (χ4n) is 3.39. The average molecular weight is 335 g/mol. The number of rotatable bonds is 7. The summed E-state index contributed by atoms with van der Waals surface area (Å²) in [5.41, 5.74) is 1.42. The molecular weight excluding hydrogens is 306 g/mol. The van der Waals surface area contributed by atoms with Gasteiger partial charge in [-0.1, -0.05) is 6.92 Å². The van der Waals surface area contributed by atoms with E-state index < -0.39 is 6.10 Å². The van der Waals surface area contributed by atoms with Crippen LogP contribution in [0, 0.1) is 5.92 Å². The highest BCUT2D eigenvalue weighted by Gasteiger charge is 2.30. The first kappa shape index (κ1) is 17.4. The van der Waals surface area contributed by atoms with Gasteiger partial charge in [-0.05, 0) is 57.7 Å². The maximum Gasteiger partial charge on any atom is 0.358 e. The first-order chi connectivity index (χ1) is 11.6. The summed E-state index contributed by atoms with van der Waals surface area (Å²) in [5.74, 6) is 0.888. The molecule has 2 fully saturated rings. The SMILES string of the molecule is CCOC(=O)c1cc(C2CC2)n(CC(O)CN2CCC(C)CC2)n1. The number of likely N-dealkylation sites (tertiary alicyclic amines) is 1. The van der Waals surface area contributed by atoms with Crippen LogP contribution in [0.1, 0.15) is 61.6 Å². The number of esters is 1. The molecule has 1 unspecified atom stereocenters. The molecule has 0 spiro atoms. The van der Waals surface area contributed by atoms with Crippen LogP contribution in [0.2, 0.25) is 0 Å². The van der Waals surface area contributed by atoms with Gasteiger partial charge in [0.2, 0.25) is 0 Å². The second-order valence-corrected chi connectivity index (χ2v) is 7.27. The molecule has 24 heavy (non-hydrogen) atoms. The van der Waals surface area contributed by atoms with Crippen LogP contribution in [-0.4, -0.2) is 58.1 Å².